The van der Waals surface area contributed by atoms with Crippen LogP contribution >= 0.6 is 14.2 Å². The van der Waals surface area contributed by atoms with Crippen molar-refractivity contribution in [1.82, 2.24) is 0 Å². The summed E-state index contributed by atoms with van der Waals surface area (Å²) in [6, 6.07) is 0. The molecular formula is C17H29BO8P2S. The molecule has 10 atom stereocenters. The van der Waals surface area contributed by atoms with E-state index in [9.17, 15) is 4.57 Å². The summed E-state index contributed by atoms with van der Waals surface area (Å²) >= 11 is 5.42. The Hall–Kier alpha value is 0.405. The molecule has 0 saturated carbocycles. The summed E-state index contributed by atoms with van der Waals surface area (Å²) < 4.78 is 54.0. The summed E-state index contributed by atoms with van der Waals surface area (Å²) in [7, 11) is 2.26. The van der Waals surface area contributed by atoms with Crippen LogP contribution in [0.1, 0.15) is 27.7 Å². The number of hydrogen-bond acceptors (Lipinski definition) is 9. The van der Waals surface area contributed by atoms with Crippen LogP contribution < -0.4 is 0 Å². The van der Waals surface area contributed by atoms with Crippen molar-refractivity contribution < 1.29 is 36.7 Å². The van der Waals surface area contributed by atoms with E-state index in [0.29, 0.717) is 0 Å². The topological polar surface area (TPSA) is 81.7 Å². The Morgan fingerprint density at radius 3 is 2.10 bits per heavy atom. The summed E-state index contributed by atoms with van der Waals surface area (Å²) in [5.74, 6) is -0.0891. The van der Waals surface area contributed by atoms with Crippen molar-refractivity contribution in [2.24, 2.45) is 11.8 Å². The van der Waals surface area contributed by atoms with Crippen molar-refractivity contribution >= 4 is 33.6 Å². The van der Waals surface area contributed by atoms with Gasteiger partial charge in [0.1, 0.15) is 24.7 Å². The maximum Gasteiger partial charge on any atom is 0.475 e. The zero-order valence-corrected chi connectivity index (χ0v) is 19.8. The molecule has 0 aliphatic carbocycles. The van der Waals surface area contributed by atoms with Crippen LogP contribution in [0, 0.1) is 11.8 Å². The number of phosphoric acid groups is 1. The average molecular weight is 466 g/mol. The predicted octanol–water partition coefficient (Wildman–Crippen LogP) is 3.35. The molecule has 4 unspecified atom stereocenters. The highest BCUT2D eigenvalue weighted by atomic mass is 32.4. The van der Waals surface area contributed by atoms with Crippen LogP contribution in [0.25, 0.3) is 0 Å². The van der Waals surface area contributed by atoms with Gasteiger partial charge in [0.05, 0.1) is 38.1 Å². The maximum absolute atomic E-state index is 13.4. The van der Waals surface area contributed by atoms with Gasteiger partial charge in [-0.2, -0.15) is 0 Å². The minimum absolute atomic E-state index is 0.00839. The highest BCUT2D eigenvalue weighted by molar-refractivity contribution is 8.21. The van der Waals surface area contributed by atoms with Gasteiger partial charge in [-0.25, -0.2) is 4.57 Å². The monoisotopic (exact) mass is 466 g/mol. The molecule has 3 fully saturated rings. The van der Waals surface area contributed by atoms with Gasteiger partial charge in [-0.1, -0.05) is 19.9 Å². The average Bonchev–Trinajstić information content (AvgIpc) is 3.07. The molecule has 0 amide bonds. The van der Waals surface area contributed by atoms with Crippen molar-refractivity contribution in [3.8, 4) is 0 Å². The Balaban J connectivity index is 1.89. The van der Waals surface area contributed by atoms with E-state index in [2.05, 4.69) is 6.58 Å². The second-order valence-corrected chi connectivity index (χ2v) is 12.5. The van der Waals surface area contributed by atoms with Crippen molar-refractivity contribution in [3.63, 3.8) is 0 Å². The molecule has 3 saturated heterocycles. The van der Waals surface area contributed by atoms with Crippen LogP contribution in [-0.2, 0) is 48.5 Å². The van der Waals surface area contributed by atoms with Gasteiger partial charge in [0, 0.05) is 11.8 Å². The van der Waals surface area contributed by atoms with Crippen LogP contribution in [0.3, 0.4) is 0 Å². The highest BCUT2D eigenvalue weighted by Gasteiger charge is 2.49. The van der Waals surface area contributed by atoms with Gasteiger partial charge in [0.15, 0.2) is 7.57 Å². The Labute approximate surface area is 179 Å². The maximum atomic E-state index is 13.4. The first kappa shape index (κ1) is 24.1. The van der Waals surface area contributed by atoms with E-state index in [1.807, 2.05) is 27.7 Å². The van der Waals surface area contributed by atoms with Gasteiger partial charge < -0.3 is 18.5 Å². The molecule has 0 spiro atoms. The SMILES string of the molecule is [B]P1(=S)OC[C@H]2O[C@@H](C)[C@@H](C)C2OP(=O)(OCC=C)OC[C@H]2O[C@@H](C)[C@@H](C)C2O1. The van der Waals surface area contributed by atoms with Gasteiger partial charge >= 0.3 is 7.82 Å². The molecule has 0 aromatic rings. The Morgan fingerprint density at radius 2 is 1.55 bits per heavy atom. The second-order valence-electron chi connectivity index (χ2n) is 7.78. The van der Waals surface area contributed by atoms with Crippen molar-refractivity contribution in [1.29, 1.82) is 0 Å². The van der Waals surface area contributed by atoms with Crippen molar-refractivity contribution in [3.05, 3.63) is 12.7 Å². The first-order valence-electron chi connectivity index (χ1n) is 9.76. The molecule has 8 nitrogen and oxygen atoms in total. The molecule has 0 bridgehead atoms. The fraction of sp³-hybridized carbons (Fsp3) is 0.882. The molecule has 3 heterocycles. The summed E-state index contributed by atoms with van der Waals surface area (Å²) in [6.07, 6.45) is -3.98. The molecular weight excluding hydrogens is 437 g/mol. The molecule has 0 N–H and O–H groups in total. The van der Waals surface area contributed by atoms with E-state index >= 15 is 0 Å². The van der Waals surface area contributed by atoms with Gasteiger partial charge in [0.2, 0.25) is 0 Å². The van der Waals surface area contributed by atoms with E-state index in [-0.39, 0.29) is 43.9 Å². The van der Waals surface area contributed by atoms with Crippen LogP contribution in [0.15, 0.2) is 12.7 Å². The summed E-state index contributed by atoms with van der Waals surface area (Å²) in [4.78, 5) is 0. The van der Waals surface area contributed by atoms with Crippen LogP contribution in [0.4, 0.5) is 0 Å². The molecule has 0 aromatic heterocycles. The molecule has 3 rings (SSSR count). The standard InChI is InChI=1S/C17H29BO8P2S/c1-6-7-20-28(19)22-9-15-16(10(2)12(4)24-15)25-27(18,29)21-8-14-17(26-28)11(3)13(5)23-14/h6,10-17H,1,7-9H2,2-5H3/t10-,11-,12+,13+,14-,15-,16?,17?,27?,28?/m1/s1. The minimum atomic E-state index is -3.93. The Bertz CT molecular complexity index is 696. The van der Waals surface area contributed by atoms with Gasteiger partial charge in [-0.15, -0.1) is 6.58 Å². The Morgan fingerprint density at radius 1 is 1.03 bits per heavy atom. The van der Waals surface area contributed by atoms with E-state index in [4.69, 9.17) is 51.5 Å². The second kappa shape index (κ2) is 9.49. The highest BCUT2D eigenvalue weighted by Crippen LogP contribution is 2.56. The van der Waals surface area contributed by atoms with Crippen molar-refractivity contribution in [2.75, 3.05) is 19.8 Å². The molecule has 29 heavy (non-hydrogen) atoms. The van der Waals surface area contributed by atoms with Crippen LogP contribution in [0.5, 0.6) is 0 Å². The fourth-order valence-corrected chi connectivity index (χ4v) is 6.70. The summed E-state index contributed by atoms with van der Waals surface area (Å²) in [6.45, 7) is 11.3. The van der Waals surface area contributed by atoms with Crippen molar-refractivity contribution in [2.45, 2.75) is 64.3 Å². The number of rotatable bonds is 3. The third kappa shape index (κ3) is 5.61. The lowest BCUT2D eigenvalue weighted by Crippen LogP contribution is -2.36. The quantitative estimate of drug-likeness (QED) is 0.353. The molecule has 3 aliphatic heterocycles. The third-order valence-electron chi connectivity index (χ3n) is 5.71. The molecule has 0 aromatic carbocycles. The van der Waals surface area contributed by atoms with Gasteiger partial charge in [-0.3, -0.25) is 13.6 Å². The lowest BCUT2D eigenvalue weighted by Gasteiger charge is -2.32. The lowest BCUT2D eigenvalue weighted by atomic mass is 10.00. The van der Waals surface area contributed by atoms with E-state index < -0.39 is 38.6 Å². The fourth-order valence-electron chi connectivity index (χ4n) is 3.69. The largest absolute Gasteiger partial charge is 0.475 e. The van der Waals surface area contributed by atoms with E-state index in [1.165, 1.54) is 6.08 Å². The number of fused-ring (bicyclic) bond motifs is 2. The minimum Gasteiger partial charge on any atom is -0.370 e. The molecule has 2 radical (unpaired) electrons. The summed E-state index contributed by atoms with van der Waals surface area (Å²) in [5, 5.41) is 0. The van der Waals surface area contributed by atoms with Crippen LogP contribution in [0.2, 0.25) is 0 Å². The smallest absolute Gasteiger partial charge is 0.370 e. The summed E-state index contributed by atoms with van der Waals surface area (Å²) in [5.41, 5.74) is 0. The first-order chi connectivity index (χ1) is 13.6. The lowest BCUT2D eigenvalue weighted by molar-refractivity contribution is -0.0418. The van der Waals surface area contributed by atoms with Gasteiger partial charge in [0.25, 0.3) is 0 Å². The molecule has 3 aliphatic rings. The van der Waals surface area contributed by atoms with E-state index in [0.717, 1.165) is 0 Å². The molecule has 12 heteroatoms. The Kier molecular flexibility index (Phi) is 7.87. The van der Waals surface area contributed by atoms with Gasteiger partial charge in [-0.05, 0) is 25.7 Å². The van der Waals surface area contributed by atoms with Crippen LogP contribution in [-0.4, -0.2) is 64.0 Å². The van der Waals surface area contributed by atoms with E-state index in [1.54, 1.807) is 0 Å². The number of phosphoric ester groups is 1. The number of ether oxygens (including phenoxy) is 2. The predicted molar refractivity (Wildman–Crippen MR) is 112 cm³/mol. The normalized spacial score (nSPS) is 51.4. The molecule has 164 valence electrons. The zero-order valence-electron chi connectivity index (χ0n) is 17.2. The third-order valence-corrected chi connectivity index (χ3v) is 8.77. The first-order valence-corrected chi connectivity index (χ1v) is 13.9. The number of hydrogen-bond donors (Lipinski definition) is 0. The zero-order chi connectivity index (χ0) is 21.4.